The molecule has 136 valence electrons. The van der Waals surface area contributed by atoms with Crippen LogP contribution in [0.3, 0.4) is 0 Å². The summed E-state index contributed by atoms with van der Waals surface area (Å²) in [5, 5.41) is 0. The van der Waals surface area contributed by atoms with Crippen molar-refractivity contribution in [2.24, 2.45) is 0 Å². The Morgan fingerprint density at radius 3 is 2.52 bits per heavy atom. The maximum Gasteiger partial charge on any atom is 0.270 e. The van der Waals surface area contributed by atoms with Crippen LogP contribution >= 0.6 is 0 Å². The third-order valence-corrected chi connectivity index (χ3v) is 4.60. The average Bonchev–Trinajstić information content (AvgIpc) is 2.54. The fourth-order valence-electron chi connectivity index (χ4n) is 3.49. The minimum Gasteiger partial charge on any atom is -0.476 e. The summed E-state index contributed by atoms with van der Waals surface area (Å²) in [7, 11) is 0. The molecule has 25 heavy (non-hydrogen) atoms. The number of hydrogen-bond acceptors (Lipinski definition) is 4. The number of ether oxygens (including phenoxy) is 2. The minimum atomic E-state index is -0.931. The van der Waals surface area contributed by atoms with Gasteiger partial charge in [-0.15, -0.1) is 0 Å². The van der Waals surface area contributed by atoms with Crippen LogP contribution < -0.4 is 9.64 Å². The highest BCUT2D eigenvalue weighted by Gasteiger charge is 2.41. The van der Waals surface area contributed by atoms with E-state index in [4.69, 9.17) is 9.47 Å². The minimum absolute atomic E-state index is 0.0392. The topological polar surface area (TPSA) is 59.1 Å². The maximum atomic E-state index is 12.8. The van der Waals surface area contributed by atoms with Crippen LogP contribution in [0, 0.1) is 0 Å². The lowest BCUT2D eigenvalue weighted by atomic mass is 10.0. The molecule has 1 aromatic carbocycles. The van der Waals surface area contributed by atoms with Gasteiger partial charge in [0.2, 0.25) is 5.91 Å². The van der Waals surface area contributed by atoms with Crippen molar-refractivity contribution >= 4 is 17.5 Å². The van der Waals surface area contributed by atoms with Crippen LogP contribution in [0.4, 0.5) is 5.69 Å². The molecule has 0 aliphatic carbocycles. The van der Waals surface area contributed by atoms with Crippen molar-refractivity contribution in [3.8, 4) is 5.75 Å². The first kappa shape index (κ1) is 17.7. The Morgan fingerprint density at radius 1 is 1.20 bits per heavy atom. The van der Waals surface area contributed by atoms with Gasteiger partial charge in [0.25, 0.3) is 5.91 Å². The monoisotopic (exact) mass is 346 g/mol. The number of rotatable bonds is 3. The highest BCUT2D eigenvalue weighted by Crippen LogP contribution is 2.37. The van der Waals surface area contributed by atoms with E-state index in [9.17, 15) is 9.59 Å². The Kier molecular flexibility index (Phi) is 4.73. The summed E-state index contributed by atoms with van der Waals surface area (Å²) in [6.07, 6.45) is 0.366. The highest BCUT2D eigenvalue weighted by molar-refractivity contribution is 6.02. The molecule has 0 radical (unpaired) electrons. The summed E-state index contributed by atoms with van der Waals surface area (Å²) in [4.78, 5) is 28.9. The standard InChI is InChI=1S/C19H26N2O4/c1-13-11-20(12-14(2)24-13)17(22)9-10-21-15-7-5-6-8-16(15)25-19(3,4)18(21)23/h5-8,13-14H,9-12H2,1-4H3. The van der Waals surface area contributed by atoms with E-state index in [0.29, 0.717) is 25.4 Å². The summed E-state index contributed by atoms with van der Waals surface area (Å²) in [6.45, 7) is 9.00. The van der Waals surface area contributed by atoms with Crippen molar-refractivity contribution in [1.82, 2.24) is 4.90 Å². The van der Waals surface area contributed by atoms with Gasteiger partial charge in [-0.2, -0.15) is 0 Å². The fraction of sp³-hybridized carbons (Fsp3) is 0.579. The van der Waals surface area contributed by atoms with Gasteiger partial charge in [0.15, 0.2) is 5.60 Å². The Morgan fingerprint density at radius 2 is 1.84 bits per heavy atom. The molecule has 0 spiro atoms. The SMILES string of the molecule is CC1CN(C(=O)CCN2C(=O)C(C)(C)Oc3ccccc32)CC(C)O1. The van der Waals surface area contributed by atoms with E-state index in [2.05, 4.69) is 0 Å². The van der Waals surface area contributed by atoms with E-state index in [-0.39, 0.29) is 30.4 Å². The van der Waals surface area contributed by atoms with Crippen molar-refractivity contribution < 1.29 is 19.1 Å². The number of carbonyl (C=O) groups is 2. The summed E-state index contributed by atoms with van der Waals surface area (Å²) >= 11 is 0. The van der Waals surface area contributed by atoms with Gasteiger partial charge in [0.1, 0.15) is 5.75 Å². The van der Waals surface area contributed by atoms with E-state index < -0.39 is 5.60 Å². The summed E-state index contributed by atoms with van der Waals surface area (Å²) in [5.41, 5.74) is -0.206. The predicted molar refractivity (Wildman–Crippen MR) is 94.7 cm³/mol. The molecule has 3 rings (SSSR count). The fourth-order valence-corrected chi connectivity index (χ4v) is 3.49. The zero-order chi connectivity index (χ0) is 18.2. The molecule has 0 saturated carbocycles. The molecule has 1 fully saturated rings. The average molecular weight is 346 g/mol. The molecular formula is C19H26N2O4. The number of nitrogens with zero attached hydrogens (tertiary/aromatic N) is 2. The third-order valence-electron chi connectivity index (χ3n) is 4.60. The van der Waals surface area contributed by atoms with Gasteiger partial charge in [-0.3, -0.25) is 9.59 Å². The van der Waals surface area contributed by atoms with Crippen LogP contribution in [0.5, 0.6) is 5.75 Å². The van der Waals surface area contributed by atoms with E-state index in [1.54, 1.807) is 18.7 Å². The van der Waals surface area contributed by atoms with Crippen molar-refractivity contribution in [2.75, 3.05) is 24.5 Å². The molecule has 2 unspecified atom stereocenters. The van der Waals surface area contributed by atoms with Gasteiger partial charge in [-0.25, -0.2) is 0 Å². The molecule has 0 N–H and O–H groups in total. The van der Waals surface area contributed by atoms with Gasteiger partial charge in [-0.05, 0) is 39.8 Å². The number of hydrogen-bond donors (Lipinski definition) is 0. The molecule has 2 atom stereocenters. The number of morpholine rings is 1. The molecule has 0 aromatic heterocycles. The largest absolute Gasteiger partial charge is 0.476 e. The summed E-state index contributed by atoms with van der Waals surface area (Å²) in [5.74, 6) is 0.604. The molecule has 2 aliphatic heterocycles. The predicted octanol–water partition coefficient (Wildman–Crippen LogP) is 2.22. The van der Waals surface area contributed by atoms with E-state index in [1.807, 2.05) is 43.0 Å². The van der Waals surface area contributed by atoms with Crippen LogP contribution in [0.2, 0.25) is 0 Å². The number of carbonyl (C=O) groups excluding carboxylic acids is 2. The summed E-state index contributed by atoms with van der Waals surface area (Å²) in [6, 6.07) is 7.45. The van der Waals surface area contributed by atoms with E-state index in [0.717, 1.165) is 5.69 Å². The quantitative estimate of drug-likeness (QED) is 0.842. The number of amides is 2. The first-order valence-electron chi connectivity index (χ1n) is 8.81. The van der Waals surface area contributed by atoms with Gasteiger partial charge in [0.05, 0.1) is 17.9 Å². The summed E-state index contributed by atoms with van der Waals surface area (Å²) < 4.78 is 11.5. The Bertz CT molecular complexity index is 663. The first-order valence-corrected chi connectivity index (χ1v) is 8.81. The van der Waals surface area contributed by atoms with Crippen LogP contribution in [-0.4, -0.2) is 54.2 Å². The number of anilines is 1. The van der Waals surface area contributed by atoms with Crippen LogP contribution in [0.25, 0.3) is 0 Å². The van der Waals surface area contributed by atoms with Gasteiger partial charge in [0, 0.05) is 26.1 Å². The van der Waals surface area contributed by atoms with Crippen molar-refractivity contribution in [3.63, 3.8) is 0 Å². The van der Waals surface area contributed by atoms with Gasteiger partial charge in [-0.1, -0.05) is 12.1 Å². The van der Waals surface area contributed by atoms with Crippen LogP contribution in [0.1, 0.15) is 34.1 Å². The van der Waals surface area contributed by atoms with Crippen molar-refractivity contribution in [2.45, 2.75) is 51.9 Å². The Hall–Kier alpha value is -2.08. The zero-order valence-electron chi connectivity index (χ0n) is 15.3. The number of para-hydroxylation sites is 2. The van der Waals surface area contributed by atoms with Crippen LogP contribution in [-0.2, 0) is 14.3 Å². The zero-order valence-corrected chi connectivity index (χ0v) is 15.3. The molecule has 6 nitrogen and oxygen atoms in total. The molecule has 6 heteroatoms. The van der Waals surface area contributed by atoms with Crippen molar-refractivity contribution in [3.05, 3.63) is 24.3 Å². The first-order chi connectivity index (χ1) is 11.8. The normalized spacial score (nSPS) is 25.4. The van der Waals surface area contributed by atoms with Gasteiger partial charge >= 0.3 is 0 Å². The van der Waals surface area contributed by atoms with Crippen LogP contribution in [0.15, 0.2) is 24.3 Å². The maximum absolute atomic E-state index is 12.8. The molecule has 1 aromatic rings. The lowest BCUT2D eigenvalue weighted by molar-refractivity contribution is -0.143. The Labute approximate surface area is 148 Å². The molecule has 2 amide bonds. The molecule has 1 saturated heterocycles. The van der Waals surface area contributed by atoms with Gasteiger partial charge < -0.3 is 19.3 Å². The molecule has 2 aliphatic rings. The molecular weight excluding hydrogens is 320 g/mol. The van der Waals surface area contributed by atoms with Crippen molar-refractivity contribution in [1.29, 1.82) is 0 Å². The second-order valence-electron chi connectivity index (χ2n) is 7.34. The smallest absolute Gasteiger partial charge is 0.270 e. The molecule has 2 heterocycles. The Balaban J connectivity index is 1.71. The highest BCUT2D eigenvalue weighted by atomic mass is 16.5. The molecule has 0 bridgehead atoms. The second kappa shape index (κ2) is 6.67. The number of fused-ring (bicyclic) bond motifs is 1. The number of benzene rings is 1. The van der Waals surface area contributed by atoms with E-state index >= 15 is 0 Å². The third kappa shape index (κ3) is 3.63. The second-order valence-corrected chi connectivity index (χ2v) is 7.34. The lowest BCUT2D eigenvalue weighted by Crippen LogP contribution is -2.54. The lowest BCUT2D eigenvalue weighted by Gasteiger charge is -2.39. The van der Waals surface area contributed by atoms with E-state index in [1.165, 1.54) is 0 Å².